The molecule has 1 aromatic carbocycles. The van der Waals surface area contributed by atoms with Crippen LogP contribution in [0.2, 0.25) is 0 Å². The second-order valence-electron chi connectivity index (χ2n) is 8.48. The van der Waals surface area contributed by atoms with Crippen molar-refractivity contribution in [3.63, 3.8) is 0 Å². The topological polar surface area (TPSA) is 79.4 Å². The van der Waals surface area contributed by atoms with Crippen LogP contribution in [0.25, 0.3) is 0 Å². The number of nitrogens with one attached hydrogen (secondary N) is 1. The maximum Gasteiger partial charge on any atom is 0.255 e. The van der Waals surface area contributed by atoms with Crippen LogP contribution >= 0.6 is 0 Å². The van der Waals surface area contributed by atoms with Crippen LogP contribution in [0.5, 0.6) is 0 Å². The molecular weight excluding hydrogens is 405 g/mol. The molecule has 1 N–H and O–H groups in total. The lowest BCUT2D eigenvalue weighted by Crippen LogP contribution is -2.44. The van der Waals surface area contributed by atoms with E-state index < -0.39 is 9.84 Å². The average Bonchev–Trinajstić information content (AvgIpc) is 2.74. The molecule has 6 nitrogen and oxygen atoms in total. The predicted octanol–water partition coefficient (Wildman–Crippen LogP) is 3.59. The Morgan fingerprint density at radius 2 is 1.73 bits per heavy atom. The molecule has 2 aromatic rings. The van der Waals surface area contributed by atoms with Gasteiger partial charge in [0.05, 0.1) is 17.1 Å². The zero-order chi connectivity index (χ0) is 20.9. The van der Waals surface area contributed by atoms with E-state index in [9.17, 15) is 17.6 Å². The summed E-state index contributed by atoms with van der Waals surface area (Å²) < 4.78 is 37.1. The highest BCUT2D eigenvalue weighted by Gasteiger charge is 2.39. The minimum Gasteiger partial charge on any atom is -0.340 e. The number of carbonyl (C=O) groups excluding carboxylic acids is 1. The van der Waals surface area contributed by atoms with E-state index in [1.165, 1.54) is 12.1 Å². The number of rotatable bonds is 3. The standard InChI is InChI=1S/C22H24FN3O3S/c23-16-2-1-3-17(12-16)25-21-20-15-6-4-14(5-7-15)19(20)18(13-24-21)22(27)26-8-10-30(28,29)11-9-26/h1-3,12-15H,4-11H2,(H,24,25). The average molecular weight is 430 g/mol. The lowest BCUT2D eigenvalue weighted by atomic mass is 9.66. The number of anilines is 2. The Hall–Kier alpha value is -2.48. The van der Waals surface area contributed by atoms with Crippen molar-refractivity contribution < 1.29 is 17.6 Å². The van der Waals surface area contributed by atoms with E-state index >= 15 is 0 Å². The fourth-order valence-corrected chi connectivity index (χ4v) is 6.32. The molecule has 1 saturated carbocycles. The minimum absolute atomic E-state index is 0.0135. The number of hydrogen-bond donors (Lipinski definition) is 1. The van der Waals surface area contributed by atoms with Gasteiger partial charge in [-0.3, -0.25) is 4.79 Å². The van der Waals surface area contributed by atoms with Crippen LogP contribution in [-0.4, -0.2) is 48.8 Å². The van der Waals surface area contributed by atoms with E-state index in [0.29, 0.717) is 28.9 Å². The SMILES string of the molecule is O=C(c1cnc(Nc2cccc(F)c2)c2c1C1CCC2CC1)N1CCS(=O)(=O)CC1. The molecule has 8 heteroatoms. The van der Waals surface area contributed by atoms with E-state index in [4.69, 9.17) is 0 Å². The molecule has 1 aromatic heterocycles. The Morgan fingerprint density at radius 3 is 2.40 bits per heavy atom. The van der Waals surface area contributed by atoms with Gasteiger partial charge in [-0.25, -0.2) is 17.8 Å². The highest BCUT2D eigenvalue weighted by atomic mass is 32.2. The van der Waals surface area contributed by atoms with Crippen molar-refractivity contribution in [3.8, 4) is 0 Å². The van der Waals surface area contributed by atoms with Gasteiger partial charge in [0.1, 0.15) is 11.6 Å². The van der Waals surface area contributed by atoms with E-state index in [-0.39, 0.29) is 36.3 Å². The molecular formula is C22H24FN3O3S. The Labute approximate surface area is 175 Å². The van der Waals surface area contributed by atoms with E-state index in [1.54, 1.807) is 23.2 Å². The van der Waals surface area contributed by atoms with Crippen LogP contribution in [0.15, 0.2) is 30.5 Å². The molecule has 4 aliphatic rings. The normalized spacial score (nSPS) is 24.4. The maximum absolute atomic E-state index is 13.6. The largest absolute Gasteiger partial charge is 0.340 e. The third-order valence-electron chi connectivity index (χ3n) is 6.65. The Bertz CT molecular complexity index is 1100. The maximum atomic E-state index is 13.6. The summed E-state index contributed by atoms with van der Waals surface area (Å²) >= 11 is 0. The van der Waals surface area contributed by atoms with Crippen molar-refractivity contribution >= 4 is 27.2 Å². The summed E-state index contributed by atoms with van der Waals surface area (Å²) in [5, 5.41) is 3.26. The number of aromatic nitrogens is 1. The first-order valence-corrected chi connectivity index (χ1v) is 12.3. The number of nitrogens with zero attached hydrogens (tertiary/aromatic N) is 2. The predicted molar refractivity (Wildman–Crippen MR) is 112 cm³/mol. The van der Waals surface area contributed by atoms with Crippen LogP contribution in [0.4, 0.5) is 15.9 Å². The summed E-state index contributed by atoms with van der Waals surface area (Å²) in [5.41, 5.74) is 3.37. The Kier molecular flexibility index (Phi) is 4.76. The number of amides is 1. The van der Waals surface area contributed by atoms with Gasteiger partial charge < -0.3 is 10.2 Å². The number of carbonyl (C=O) groups is 1. The summed E-state index contributed by atoms with van der Waals surface area (Å²) in [4.78, 5) is 19.5. The van der Waals surface area contributed by atoms with Crippen molar-refractivity contribution in [1.82, 2.24) is 9.88 Å². The lowest BCUT2D eigenvalue weighted by Gasteiger charge is -2.40. The van der Waals surface area contributed by atoms with E-state index in [0.717, 1.165) is 36.8 Å². The summed E-state index contributed by atoms with van der Waals surface area (Å²) in [6, 6.07) is 6.28. The Morgan fingerprint density at radius 1 is 1.07 bits per heavy atom. The quantitative estimate of drug-likeness (QED) is 0.807. The van der Waals surface area contributed by atoms with Gasteiger partial charge in [-0.2, -0.15) is 0 Å². The zero-order valence-electron chi connectivity index (χ0n) is 16.6. The third kappa shape index (κ3) is 3.47. The second kappa shape index (κ2) is 7.34. The van der Waals surface area contributed by atoms with Crippen LogP contribution in [0.1, 0.15) is 59.0 Å². The van der Waals surface area contributed by atoms with Crippen molar-refractivity contribution in [3.05, 3.63) is 53.0 Å². The molecule has 2 fully saturated rings. The molecule has 3 aliphatic carbocycles. The van der Waals surface area contributed by atoms with Gasteiger partial charge in [0.25, 0.3) is 5.91 Å². The van der Waals surface area contributed by atoms with Crippen molar-refractivity contribution in [2.75, 3.05) is 29.9 Å². The molecule has 1 aliphatic heterocycles. The molecule has 0 spiro atoms. The van der Waals surface area contributed by atoms with Gasteiger partial charge in [-0.1, -0.05) is 6.07 Å². The summed E-state index contributed by atoms with van der Waals surface area (Å²) in [5.74, 6) is 0.930. The van der Waals surface area contributed by atoms with Crippen molar-refractivity contribution in [2.24, 2.45) is 0 Å². The molecule has 0 atom stereocenters. The third-order valence-corrected chi connectivity index (χ3v) is 8.26. The lowest BCUT2D eigenvalue weighted by molar-refractivity contribution is 0.0767. The van der Waals surface area contributed by atoms with Gasteiger partial charge in [-0.15, -0.1) is 0 Å². The van der Waals surface area contributed by atoms with E-state index in [1.807, 2.05) is 0 Å². The van der Waals surface area contributed by atoms with Gasteiger partial charge in [-0.05, 0) is 61.3 Å². The molecule has 0 unspecified atom stereocenters. The summed E-state index contributed by atoms with van der Waals surface area (Å²) in [6.07, 6.45) is 5.85. The number of pyridine rings is 1. The first-order valence-electron chi connectivity index (χ1n) is 10.5. The van der Waals surface area contributed by atoms with Crippen molar-refractivity contribution in [2.45, 2.75) is 37.5 Å². The number of fused-ring (bicyclic) bond motifs is 2. The van der Waals surface area contributed by atoms with Gasteiger partial charge >= 0.3 is 0 Å². The first-order chi connectivity index (χ1) is 14.4. The monoisotopic (exact) mass is 429 g/mol. The molecule has 2 bridgehead atoms. The minimum atomic E-state index is -3.05. The molecule has 2 heterocycles. The fraction of sp³-hybridized carbons (Fsp3) is 0.455. The number of sulfone groups is 1. The van der Waals surface area contributed by atoms with Crippen molar-refractivity contribution in [1.29, 1.82) is 0 Å². The van der Waals surface area contributed by atoms with Gasteiger partial charge in [0.2, 0.25) is 0 Å². The molecule has 30 heavy (non-hydrogen) atoms. The zero-order valence-corrected chi connectivity index (χ0v) is 17.4. The molecule has 1 amide bonds. The Balaban J connectivity index is 1.52. The molecule has 0 radical (unpaired) electrons. The van der Waals surface area contributed by atoms with Crippen LogP contribution in [0.3, 0.4) is 0 Å². The second-order valence-corrected chi connectivity index (χ2v) is 10.8. The number of benzene rings is 1. The number of halogens is 1. The van der Waals surface area contributed by atoms with Crippen LogP contribution in [0, 0.1) is 5.82 Å². The van der Waals surface area contributed by atoms with Gasteiger partial charge in [0.15, 0.2) is 9.84 Å². The molecule has 6 rings (SSSR count). The van der Waals surface area contributed by atoms with E-state index in [2.05, 4.69) is 10.3 Å². The highest BCUT2D eigenvalue weighted by molar-refractivity contribution is 7.91. The molecule has 158 valence electrons. The highest BCUT2D eigenvalue weighted by Crippen LogP contribution is 2.52. The summed E-state index contributed by atoms with van der Waals surface area (Å²) in [7, 11) is -3.05. The first kappa shape index (κ1) is 19.5. The fourth-order valence-electron chi connectivity index (χ4n) is 5.12. The molecule has 1 saturated heterocycles. The number of hydrogen-bond acceptors (Lipinski definition) is 5. The van der Waals surface area contributed by atoms with Gasteiger partial charge in [0, 0.05) is 30.5 Å². The van der Waals surface area contributed by atoms with Crippen LogP contribution < -0.4 is 5.32 Å². The smallest absolute Gasteiger partial charge is 0.255 e. The summed E-state index contributed by atoms with van der Waals surface area (Å²) in [6.45, 7) is 0.459. The van der Waals surface area contributed by atoms with Crippen LogP contribution in [-0.2, 0) is 9.84 Å².